The van der Waals surface area contributed by atoms with Crippen LogP contribution < -0.4 is 5.56 Å². The third-order valence-corrected chi connectivity index (χ3v) is 3.78. The number of benzene rings is 1. The fourth-order valence-electron chi connectivity index (χ4n) is 2.64. The van der Waals surface area contributed by atoms with Gasteiger partial charge in [0.1, 0.15) is 0 Å². The SMILES string of the molecule is COC(=O)c1ccc(=O)n(-c2cccc(C3CCCO3)c2)c1. The van der Waals surface area contributed by atoms with Crippen LogP contribution in [-0.2, 0) is 9.47 Å². The number of pyridine rings is 1. The molecule has 1 aliphatic rings. The molecule has 1 aliphatic heterocycles. The zero-order valence-electron chi connectivity index (χ0n) is 12.3. The van der Waals surface area contributed by atoms with Gasteiger partial charge in [0, 0.05) is 24.6 Å². The van der Waals surface area contributed by atoms with Crippen LogP contribution in [0.4, 0.5) is 0 Å². The number of hydrogen-bond acceptors (Lipinski definition) is 4. The molecule has 1 saturated heterocycles. The van der Waals surface area contributed by atoms with Gasteiger partial charge in [-0.15, -0.1) is 0 Å². The molecule has 0 radical (unpaired) electrons. The lowest BCUT2D eigenvalue weighted by Gasteiger charge is -2.13. The van der Waals surface area contributed by atoms with Gasteiger partial charge < -0.3 is 9.47 Å². The Morgan fingerprint density at radius 2 is 2.18 bits per heavy atom. The van der Waals surface area contributed by atoms with Crippen molar-refractivity contribution in [1.29, 1.82) is 0 Å². The summed E-state index contributed by atoms with van der Waals surface area (Å²) >= 11 is 0. The van der Waals surface area contributed by atoms with Crippen molar-refractivity contribution in [3.05, 3.63) is 64.1 Å². The van der Waals surface area contributed by atoms with Gasteiger partial charge in [0.25, 0.3) is 5.56 Å². The minimum atomic E-state index is -0.468. The Morgan fingerprint density at radius 3 is 2.91 bits per heavy atom. The molecule has 2 aromatic rings. The maximum Gasteiger partial charge on any atom is 0.339 e. The first-order chi connectivity index (χ1) is 10.7. The third kappa shape index (κ3) is 2.80. The Balaban J connectivity index is 2.01. The quantitative estimate of drug-likeness (QED) is 0.817. The van der Waals surface area contributed by atoms with E-state index in [0.717, 1.165) is 25.0 Å². The highest BCUT2D eigenvalue weighted by molar-refractivity contribution is 5.88. The molecule has 1 aromatic heterocycles. The van der Waals surface area contributed by atoms with Crippen LogP contribution in [0, 0.1) is 0 Å². The molecule has 1 fully saturated rings. The Bertz CT molecular complexity index is 744. The van der Waals surface area contributed by atoms with Crippen molar-refractivity contribution in [2.45, 2.75) is 18.9 Å². The van der Waals surface area contributed by atoms with Gasteiger partial charge in [-0.05, 0) is 36.6 Å². The van der Waals surface area contributed by atoms with Crippen LogP contribution in [0.5, 0.6) is 0 Å². The third-order valence-electron chi connectivity index (χ3n) is 3.78. The molecule has 0 amide bonds. The van der Waals surface area contributed by atoms with Crippen molar-refractivity contribution in [3.8, 4) is 5.69 Å². The van der Waals surface area contributed by atoms with Gasteiger partial charge in [-0.2, -0.15) is 0 Å². The van der Waals surface area contributed by atoms with Crippen molar-refractivity contribution in [1.82, 2.24) is 4.57 Å². The predicted octanol–water partition coefficient (Wildman–Crippen LogP) is 2.48. The molecule has 1 unspecified atom stereocenters. The molecular weight excluding hydrogens is 282 g/mol. The largest absolute Gasteiger partial charge is 0.465 e. The number of carbonyl (C=O) groups is 1. The van der Waals surface area contributed by atoms with E-state index in [0.29, 0.717) is 11.3 Å². The van der Waals surface area contributed by atoms with E-state index in [4.69, 9.17) is 9.47 Å². The van der Waals surface area contributed by atoms with Crippen molar-refractivity contribution < 1.29 is 14.3 Å². The standard InChI is InChI=1S/C17H17NO4/c1-21-17(20)13-7-8-16(19)18(11-13)14-5-2-4-12(10-14)15-6-3-9-22-15/h2,4-5,7-8,10-11,15H,3,6,9H2,1H3. The average molecular weight is 299 g/mol. The van der Waals surface area contributed by atoms with E-state index in [1.165, 1.54) is 30.0 Å². The van der Waals surface area contributed by atoms with Crippen LogP contribution in [0.25, 0.3) is 5.69 Å². The van der Waals surface area contributed by atoms with Gasteiger partial charge in [-0.1, -0.05) is 12.1 Å². The molecule has 0 N–H and O–H groups in total. The first-order valence-electron chi connectivity index (χ1n) is 7.22. The zero-order valence-corrected chi connectivity index (χ0v) is 12.3. The van der Waals surface area contributed by atoms with E-state index in [1.54, 1.807) is 0 Å². The molecule has 114 valence electrons. The molecule has 0 aliphatic carbocycles. The number of nitrogens with zero attached hydrogens (tertiary/aromatic N) is 1. The van der Waals surface area contributed by atoms with Crippen molar-refractivity contribution >= 4 is 5.97 Å². The minimum Gasteiger partial charge on any atom is -0.465 e. The van der Waals surface area contributed by atoms with Crippen molar-refractivity contribution in [2.24, 2.45) is 0 Å². The Labute approximate surface area is 128 Å². The van der Waals surface area contributed by atoms with E-state index in [-0.39, 0.29) is 11.7 Å². The molecular formula is C17H17NO4. The molecule has 1 atom stereocenters. The predicted molar refractivity (Wildman–Crippen MR) is 81.3 cm³/mol. The van der Waals surface area contributed by atoms with E-state index < -0.39 is 5.97 Å². The molecule has 0 bridgehead atoms. The van der Waals surface area contributed by atoms with Crippen LogP contribution in [0.15, 0.2) is 47.4 Å². The second kappa shape index (κ2) is 6.15. The number of esters is 1. The van der Waals surface area contributed by atoms with E-state index >= 15 is 0 Å². The van der Waals surface area contributed by atoms with Crippen LogP contribution in [-0.4, -0.2) is 24.3 Å². The summed E-state index contributed by atoms with van der Waals surface area (Å²) in [4.78, 5) is 23.7. The number of hydrogen-bond donors (Lipinski definition) is 0. The number of ether oxygens (including phenoxy) is 2. The molecule has 1 aromatic carbocycles. The van der Waals surface area contributed by atoms with Crippen LogP contribution in [0.3, 0.4) is 0 Å². The highest BCUT2D eigenvalue weighted by Gasteiger charge is 2.18. The zero-order chi connectivity index (χ0) is 15.5. The fourth-order valence-corrected chi connectivity index (χ4v) is 2.64. The number of methoxy groups -OCH3 is 1. The minimum absolute atomic E-state index is 0.0828. The second-order valence-corrected chi connectivity index (χ2v) is 5.21. The highest BCUT2D eigenvalue weighted by atomic mass is 16.5. The molecule has 2 heterocycles. The van der Waals surface area contributed by atoms with Crippen LogP contribution >= 0.6 is 0 Å². The molecule has 0 saturated carbocycles. The normalized spacial score (nSPS) is 17.4. The number of carbonyl (C=O) groups excluding carboxylic acids is 1. The van der Waals surface area contributed by atoms with Gasteiger partial charge in [-0.25, -0.2) is 4.79 Å². The van der Waals surface area contributed by atoms with Gasteiger partial charge in [-0.3, -0.25) is 9.36 Å². The number of aromatic nitrogens is 1. The van der Waals surface area contributed by atoms with Crippen molar-refractivity contribution in [2.75, 3.05) is 13.7 Å². The highest BCUT2D eigenvalue weighted by Crippen LogP contribution is 2.29. The van der Waals surface area contributed by atoms with Gasteiger partial charge in [0.05, 0.1) is 18.8 Å². The van der Waals surface area contributed by atoms with E-state index in [2.05, 4.69) is 0 Å². The Morgan fingerprint density at radius 1 is 1.32 bits per heavy atom. The summed E-state index contributed by atoms with van der Waals surface area (Å²) in [5.74, 6) is -0.468. The summed E-state index contributed by atoms with van der Waals surface area (Å²) in [7, 11) is 1.32. The fraction of sp³-hybridized carbons (Fsp3) is 0.294. The lowest BCUT2D eigenvalue weighted by molar-refractivity contribution is 0.0600. The summed E-state index contributed by atoms with van der Waals surface area (Å²) < 4.78 is 11.8. The Hall–Kier alpha value is -2.40. The molecule has 22 heavy (non-hydrogen) atoms. The first-order valence-corrected chi connectivity index (χ1v) is 7.22. The molecule has 5 nitrogen and oxygen atoms in total. The monoisotopic (exact) mass is 299 g/mol. The average Bonchev–Trinajstić information content (AvgIpc) is 3.09. The smallest absolute Gasteiger partial charge is 0.339 e. The van der Waals surface area contributed by atoms with Crippen LogP contribution in [0.1, 0.15) is 34.9 Å². The molecule has 0 spiro atoms. The van der Waals surface area contributed by atoms with Gasteiger partial charge >= 0.3 is 5.97 Å². The van der Waals surface area contributed by atoms with Gasteiger partial charge in [0.2, 0.25) is 0 Å². The Kier molecular flexibility index (Phi) is 4.06. The van der Waals surface area contributed by atoms with E-state index in [9.17, 15) is 9.59 Å². The summed E-state index contributed by atoms with van der Waals surface area (Å²) in [6.45, 7) is 0.771. The second-order valence-electron chi connectivity index (χ2n) is 5.21. The first kappa shape index (κ1) is 14.5. The summed E-state index contributed by atoms with van der Waals surface area (Å²) in [5.41, 5.74) is 1.90. The summed E-state index contributed by atoms with van der Waals surface area (Å²) in [5, 5.41) is 0. The lowest BCUT2D eigenvalue weighted by Crippen LogP contribution is -2.19. The maximum absolute atomic E-state index is 12.1. The summed E-state index contributed by atoms with van der Waals surface area (Å²) in [6, 6.07) is 10.5. The topological polar surface area (TPSA) is 57.5 Å². The maximum atomic E-state index is 12.1. The van der Waals surface area contributed by atoms with Gasteiger partial charge in [0.15, 0.2) is 0 Å². The van der Waals surface area contributed by atoms with Crippen molar-refractivity contribution in [3.63, 3.8) is 0 Å². The molecule has 5 heteroatoms. The molecule has 3 rings (SSSR count). The van der Waals surface area contributed by atoms with Crippen LogP contribution in [0.2, 0.25) is 0 Å². The summed E-state index contributed by atoms with van der Waals surface area (Å²) in [6.07, 6.45) is 3.62. The number of rotatable bonds is 3. The lowest BCUT2D eigenvalue weighted by atomic mass is 10.1. The van der Waals surface area contributed by atoms with E-state index in [1.807, 2.05) is 24.3 Å².